The molecule has 0 aromatic heterocycles. The maximum atomic E-state index is 8.73. The van der Waals surface area contributed by atoms with Crippen molar-refractivity contribution in [3.05, 3.63) is 0 Å². The summed E-state index contributed by atoms with van der Waals surface area (Å²) in [5.41, 5.74) is 0.165. The second-order valence-electron chi connectivity index (χ2n) is 6.39. The van der Waals surface area contributed by atoms with Crippen LogP contribution in [-0.4, -0.2) is 42.9 Å². The Morgan fingerprint density at radius 1 is 1.50 bits per heavy atom. The Morgan fingerprint density at radius 3 is 3.00 bits per heavy atom. The highest BCUT2D eigenvalue weighted by Gasteiger charge is 2.63. The summed E-state index contributed by atoms with van der Waals surface area (Å²) >= 11 is 0. The van der Waals surface area contributed by atoms with Crippen molar-refractivity contribution in [2.45, 2.75) is 37.9 Å². The molecule has 3 saturated heterocycles. The van der Waals surface area contributed by atoms with Gasteiger partial charge in [0.25, 0.3) is 0 Å². The van der Waals surface area contributed by atoms with Crippen LogP contribution in [0.4, 0.5) is 0 Å². The third-order valence-electron chi connectivity index (χ3n) is 5.18. The fourth-order valence-corrected chi connectivity index (χ4v) is 4.31. The number of ether oxygens (including phenoxy) is 1. The SMILES string of the molecule is C[C@@]12CC[C@H](O1)[C@H]1C[N+](C)(CCC#N)C[C@@H]12. The number of quaternary nitrogens is 1. The van der Waals surface area contributed by atoms with Gasteiger partial charge in [0.15, 0.2) is 0 Å². The molecule has 0 saturated carbocycles. The van der Waals surface area contributed by atoms with Crippen LogP contribution in [0.15, 0.2) is 0 Å². The van der Waals surface area contributed by atoms with Gasteiger partial charge in [0.05, 0.1) is 50.9 Å². The van der Waals surface area contributed by atoms with Gasteiger partial charge in [-0.05, 0) is 19.8 Å². The van der Waals surface area contributed by atoms with Crippen LogP contribution in [0.25, 0.3) is 0 Å². The number of fused-ring (bicyclic) bond motifs is 5. The van der Waals surface area contributed by atoms with Crippen LogP contribution < -0.4 is 0 Å². The predicted octanol–water partition coefficient (Wildman–Crippen LogP) is 1.54. The van der Waals surface area contributed by atoms with Crippen LogP contribution in [0, 0.1) is 23.2 Å². The summed E-state index contributed by atoms with van der Waals surface area (Å²) < 4.78 is 7.25. The van der Waals surface area contributed by atoms with E-state index in [1.54, 1.807) is 0 Å². The first-order valence-electron chi connectivity index (χ1n) is 6.45. The van der Waals surface area contributed by atoms with E-state index in [4.69, 9.17) is 10.00 Å². The van der Waals surface area contributed by atoms with Crippen LogP contribution in [0.2, 0.25) is 0 Å². The van der Waals surface area contributed by atoms with Crippen LogP contribution in [0.5, 0.6) is 0 Å². The molecule has 16 heavy (non-hydrogen) atoms. The Kier molecular flexibility index (Phi) is 2.12. The Balaban J connectivity index is 1.77. The molecule has 3 heteroatoms. The quantitative estimate of drug-likeness (QED) is 0.663. The molecule has 1 unspecified atom stereocenters. The van der Waals surface area contributed by atoms with E-state index in [2.05, 4.69) is 20.0 Å². The van der Waals surface area contributed by atoms with Crippen LogP contribution in [-0.2, 0) is 4.74 Å². The number of hydrogen-bond acceptors (Lipinski definition) is 2. The smallest absolute Gasteiger partial charge is 0.0916 e. The molecule has 0 radical (unpaired) electrons. The van der Waals surface area contributed by atoms with E-state index in [-0.39, 0.29) is 5.60 Å². The summed E-state index contributed by atoms with van der Waals surface area (Å²) in [6.45, 7) is 5.77. The van der Waals surface area contributed by atoms with Crippen molar-refractivity contribution < 1.29 is 9.22 Å². The lowest BCUT2D eigenvalue weighted by Gasteiger charge is -2.32. The minimum atomic E-state index is 0.165. The average Bonchev–Trinajstić information content (AvgIpc) is 2.84. The molecule has 0 aromatic carbocycles. The van der Waals surface area contributed by atoms with Gasteiger partial charge >= 0.3 is 0 Å². The van der Waals surface area contributed by atoms with E-state index in [1.807, 2.05) is 0 Å². The first-order chi connectivity index (χ1) is 7.56. The van der Waals surface area contributed by atoms with Crippen molar-refractivity contribution in [1.29, 1.82) is 5.26 Å². The first kappa shape index (κ1) is 10.6. The van der Waals surface area contributed by atoms with E-state index >= 15 is 0 Å². The maximum absolute atomic E-state index is 8.73. The number of hydrogen-bond donors (Lipinski definition) is 0. The third kappa shape index (κ3) is 1.33. The zero-order valence-electron chi connectivity index (χ0n) is 10.3. The summed E-state index contributed by atoms with van der Waals surface area (Å²) in [6.07, 6.45) is 3.72. The molecule has 3 heterocycles. The van der Waals surface area contributed by atoms with Gasteiger partial charge in [-0.1, -0.05) is 0 Å². The van der Waals surface area contributed by atoms with E-state index in [0.717, 1.165) is 22.9 Å². The topological polar surface area (TPSA) is 33.0 Å². The molecule has 0 N–H and O–H groups in total. The van der Waals surface area contributed by atoms with E-state index in [9.17, 15) is 0 Å². The molecular formula is C13H21N2O+. The normalized spacial score (nSPS) is 53.9. The second kappa shape index (κ2) is 3.21. The molecule has 3 rings (SSSR count). The van der Waals surface area contributed by atoms with Crippen molar-refractivity contribution in [2.24, 2.45) is 11.8 Å². The highest BCUT2D eigenvalue weighted by Crippen LogP contribution is 2.55. The summed E-state index contributed by atoms with van der Waals surface area (Å²) in [5, 5.41) is 8.73. The number of nitrogens with zero attached hydrogens (tertiary/aromatic N) is 2. The van der Waals surface area contributed by atoms with Gasteiger partial charge in [0.2, 0.25) is 0 Å². The van der Waals surface area contributed by atoms with Crippen LogP contribution >= 0.6 is 0 Å². The van der Waals surface area contributed by atoms with Crippen molar-refractivity contribution in [2.75, 3.05) is 26.7 Å². The monoisotopic (exact) mass is 221 g/mol. The number of nitriles is 1. The second-order valence-corrected chi connectivity index (χ2v) is 6.39. The van der Waals surface area contributed by atoms with Gasteiger partial charge in [0.1, 0.15) is 0 Å². The Morgan fingerprint density at radius 2 is 2.31 bits per heavy atom. The minimum absolute atomic E-state index is 0.165. The fourth-order valence-electron chi connectivity index (χ4n) is 4.31. The van der Waals surface area contributed by atoms with E-state index < -0.39 is 0 Å². The van der Waals surface area contributed by atoms with Gasteiger partial charge in [-0.3, -0.25) is 0 Å². The van der Waals surface area contributed by atoms with Gasteiger partial charge in [0, 0.05) is 11.8 Å². The van der Waals surface area contributed by atoms with Crippen molar-refractivity contribution in [3.63, 3.8) is 0 Å². The summed E-state index contributed by atoms with van der Waals surface area (Å²) in [5.74, 6) is 1.51. The molecule has 3 aliphatic rings. The van der Waals surface area contributed by atoms with E-state index in [1.165, 1.54) is 25.9 Å². The molecule has 88 valence electrons. The number of likely N-dealkylation sites (tertiary alicyclic amines) is 1. The van der Waals surface area contributed by atoms with Crippen LogP contribution in [0.1, 0.15) is 26.2 Å². The van der Waals surface area contributed by atoms with Crippen molar-refractivity contribution in [1.82, 2.24) is 0 Å². The predicted molar refractivity (Wildman–Crippen MR) is 60.5 cm³/mol. The van der Waals surface area contributed by atoms with E-state index in [0.29, 0.717) is 12.5 Å². The van der Waals surface area contributed by atoms with Gasteiger partial charge in [-0.2, -0.15) is 5.26 Å². The third-order valence-corrected chi connectivity index (χ3v) is 5.18. The Labute approximate surface area is 97.6 Å². The number of rotatable bonds is 2. The van der Waals surface area contributed by atoms with Gasteiger partial charge in [-0.15, -0.1) is 0 Å². The molecule has 3 fully saturated rings. The maximum Gasteiger partial charge on any atom is 0.0916 e. The fraction of sp³-hybridized carbons (Fsp3) is 0.923. The highest BCUT2D eigenvalue weighted by molar-refractivity contribution is 5.06. The highest BCUT2D eigenvalue weighted by atomic mass is 16.5. The Bertz CT molecular complexity index is 350. The lowest BCUT2D eigenvalue weighted by Crippen LogP contribution is -2.45. The van der Waals surface area contributed by atoms with Crippen molar-refractivity contribution in [3.8, 4) is 6.07 Å². The zero-order valence-corrected chi connectivity index (χ0v) is 10.3. The molecule has 0 aliphatic carbocycles. The lowest BCUT2D eigenvalue weighted by molar-refractivity contribution is -0.900. The summed E-state index contributed by atoms with van der Waals surface area (Å²) in [6, 6.07) is 2.29. The van der Waals surface area contributed by atoms with Crippen LogP contribution in [0.3, 0.4) is 0 Å². The summed E-state index contributed by atoms with van der Waals surface area (Å²) in [7, 11) is 2.32. The molecular weight excluding hydrogens is 200 g/mol. The molecule has 3 nitrogen and oxygen atoms in total. The van der Waals surface area contributed by atoms with Crippen molar-refractivity contribution >= 4 is 0 Å². The summed E-state index contributed by atoms with van der Waals surface area (Å²) in [4.78, 5) is 0. The van der Waals surface area contributed by atoms with Gasteiger partial charge in [-0.25, -0.2) is 0 Å². The lowest BCUT2D eigenvalue weighted by atomic mass is 9.75. The first-order valence-corrected chi connectivity index (χ1v) is 6.45. The minimum Gasteiger partial charge on any atom is -0.371 e. The molecule has 3 aliphatic heterocycles. The van der Waals surface area contributed by atoms with Gasteiger partial charge < -0.3 is 9.22 Å². The molecule has 0 aromatic rings. The molecule has 2 bridgehead atoms. The Hall–Kier alpha value is -0.590. The molecule has 5 atom stereocenters. The molecule has 0 amide bonds. The zero-order chi connectivity index (χ0) is 11.4. The molecule has 0 spiro atoms. The average molecular weight is 221 g/mol. The standard InChI is InChI=1S/C13H21N2O/c1-13-5-4-12(16-13)10-8-15(2,7-3-6-14)9-11(10)13/h10-12H,3-5,7-9H2,1-2H3/q+1/t10-,11-,12-,13-,15?/m0/s1. The largest absolute Gasteiger partial charge is 0.371 e.